The molecule has 0 radical (unpaired) electrons. The Kier molecular flexibility index (Phi) is 6.95. The van der Waals surface area contributed by atoms with Crippen molar-refractivity contribution < 1.29 is 26.4 Å². The summed E-state index contributed by atoms with van der Waals surface area (Å²) in [6.07, 6.45) is 0.455. The molecular weight excluding hydrogens is 492 g/mol. The zero-order valence-electron chi connectivity index (χ0n) is 20.0. The molecule has 190 valence electrons. The maximum Gasteiger partial charge on any atom is 0.245 e. The number of carbonyl (C=O) groups is 1. The second-order valence-corrected chi connectivity index (χ2v) is 12.4. The van der Waals surface area contributed by atoms with Crippen molar-refractivity contribution in [3.05, 3.63) is 48.5 Å². The van der Waals surface area contributed by atoms with E-state index in [-0.39, 0.29) is 54.8 Å². The van der Waals surface area contributed by atoms with Crippen LogP contribution in [0.5, 0.6) is 0 Å². The molecule has 2 fully saturated rings. The predicted octanol–water partition coefficient (Wildman–Crippen LogP) is 1.91. The molecule has 2 aliphatic heterocycles. The molecule has 1 N–H and O–H groups in total. The van der Waals surface area contributed by atoms with E-state index in [4.69, 9.17) is 4.74 Å². The molecule has 0 atom stereocenters. The van der Waals surface area contributed by atoms with Crippen LogP contribution in [-0.4, -0.2) is 77.4 Å². The molecule has 2 saturated heterocycles. The number of sulfonamides is 2. The number of nitrogens with one attached hydrogen (secondary N) is 1. The molecule has 0 bridgehead atoms. The fraction of sp³-hybridized carbons (Fsp3) is 0.435. The molecule has 2 aliphatic rings. The molecule has 4 rings (SSSR count). The Morgan fingerprint density at radius 3 is 2.00 bits per heavy atom. The van der Waals surface area contributed by atoms with Gasteiger partial charge in [0.15, 0.2) is 0 Å². The SMILES string of the molecule is CNc1ccc(S(=O)(=O)N2CCC3(CC2)OCCN3S(=O)(=O)c2ccc(N(C)C(C)=O)cc2)cc1. The summed E-state index contributed by atoms with van der Waals surface area (Å²) in [5.74, 6) is -0.160. The van der Waals surface area contributed by atoms with Gasteiger partial charge in [0.2, 0.25) is 26.0 Å². The van der Waals surface area contributed by atoms with Gasteiger partial charge in [-0.2, -0.15) is 8.61 Å². The third kappa shape index (κ3) is 4.68. The van der Waals surface area contributed by atoms with Crippen LogP contribution in [0.2, 0.25) is 0 Å². The van der Waals surface area contributed by atoms with E-state index < -0.39 is 25.8 Å². The smallest absolute Gasteiger partial charge is 0.245 e. The molecule has 0 unspecified atom stereocenters. The van der Waals surface area contributed by atoms with Crippen molar-refractivity contribution in [1.29, 1.82) is 0 Å². The number of nitrogens with zero attached hydrogens (tertiary/aromatic N) is 3. The first kappa shape index (κ1) is 25.6. The van der Waals surface area contributed by atoms with Crippen LogP contribution in [0.25, 0.3) is 0 Å². The van der Waals surface area contributed by atoms with Crippen LogP contribution in [-0.2, 0) is 29.6 Å². The molecule has 12 heteroatoms. The summed E-state index contributed by atoms with van der Waals surface area (Å²) in [5, 5.41) is 2.96. The van der Waals surface area contributed by atoms with Crippen LogP contribution >= 0.6 is 0 Å². The van der Waals surface area contributed by atoms with Gasteiger partial charge in [-0.05, 0) is 48.5 Å². The summed E-state index contributed by atoms with van der Waals surface area (Å²) in [7, 11) is -4.23. The summed E-state index contributed by atoms with van der Waals surface area (Å²) >= 11 is 0. The largest absolute Gasteiger partial charge is 0.388 e. The fourth-order valence-electron chi connectivity index (χ4n) is 4.50. The molecule has 35 heavy (non-hydrogen) atoms. The van der Waals surface area contributed by atoms with Gasteiger partial charge in [0.25, 0.3) is 0 Å². The third-order valence-electron chi connectivity index (χ3n) is 6.69. The molecule has 2 aromatic carbocycles. The lowest BCUT2D eigenvalue weighted by Gasteiger charge is -2.42. The molecule has 1 spiro atoms. The van der Waals surface area contributed by atoms with E-state index in [2.05, 4.69) is 5.32 Å². The first-order valence-electron chi connectivity index (χ1n) is 11.3. The van der Waals surface area contributed by atoms with E-state index in [1.54, 1.807) is 50.5 Å². The van der Waals surface area contributed by atoms with Crippen LogP contribution in [0, 0.1) is 0 Å². The van der Waals surface area contributed by atoms with Gasteiger partial charge in [0.05, 0.1) is 16.4 Å². The van der Waals surface area contributed by atoms with Crippen LogP contribution in [0.15, 0.2) is 58.3 Å². The van der Waals surface area contributed by atoms with Crippen LogP contribution in [0.4, 0.5) is 11.4 Å². The highest BCUT2D eigenvalue weighted by Gasteiger charge is 2.51. The Bertz CT molecular complexity index is 1290. The van der Waals surface area contributed by atoms with Crippen molar-refractivity contribution in [3.63, 3.8) is 0 Å². The lowest BCUT2D eigenvalue weighted by atomic mass is 10.0. The zero-order valence-corrected chi connectivity index (χ0v) is 21.6. The number of piperidine rings is 1. The number of hydrogen-bond donors (Lipinski definition) is 1. The number of rotatable bonds is 6. The van der Waals surface area contributed by atoms with Crippen molar-refractivity contribution in [1.82, 2.24) is 8.61 Å². The van der Waals surface area contributed by atoms with Gasteiger partial charge in [-0.25, -0.2) is 16.8 Å². The quantitative estimate of drug-likeness (QED) is 0.616. The minimum Gasteiger partial charge on any atom is -0.388 e. The maximum absolute atomic E-state index is 13.5. The number of amides is 1. The van der Waals surface area contributed by atoms with Crippen molar-refractivity contribution >= 4 is 37.3 Å². The normalized spacial score (nSPS) is 19.1. The molecule has 0 aromatic heterocycles. The average molecular weight is 523 g/mol. The number of anilines is 2. The molecule has 10 nitrogen and oxygen atoms in total. The Morgan fingerprint density at radius 2 is 1.46 bits per heavy atom. The zero-order chi connectivity index (χ0) is 25.4. The number of carbonyl (C=O) groups excluding carboxylic acids is 1. The summed E-state index contributed by atoms with van der Waals surface area (Å²) in [4.78, 5) is 13.3. The monoisotopic (exact) mass is 522 g/mol. The van der Waals surface area contributed by atoms with Gasteiger partial charge in [-0.15, -0.1) is 0 Å². The van der Waals surface area contributed by atoms with Crippen LogP contribution in [0.3, 0.4) is 0 Å². The van der Waals surface area contributed by atoms with E-state index >= 15 is 0 Å². The van der Waals surface area contributed by atoms with Crippen LogP contribution < -0.4 is 10.2 Å². The lowest BCUT2D eigenvalue weighted by Crippen LogP contribution is -2.55. The highest BCUT2D eigenvalue weighted by molar-refractivity contribution is 7.89. The van der Waals surface area contributed by atoms with Crippen molar-refractivity contribution in [2.75, 3.05) is 50.6 Å². The number of ether oxygens (including phenoxy) is 1. The topological polar surface area (TPSA) is 116 Å². The fourth-order valence-corrected chi connectivity index (χ4v) is 7.66. The average Bonchev–Trinajstić information content (AvgIpc) is 3.27. The molecule has 0 aliphatic carbocycles. The minimum absolute atomic E-state index is 0.0998. The van der Waals surface area contributed by atoms with E-state index in [9.17, 15) is 21.6 Å². The number of hydrogen-bond acceptors (Lipinski definition) is 7. The lowest BCUT2D eigenvalue weighted by molar-refractivity contribution is -0.116. The Hall–Kier alpha value is -2.51. The first-order chi connectivity index (χ1) is 16.5. The minimum atomic E-state index is -3.89. The second kappa shape index (κ2) is 9.51. The Labute approximate surface area is 206 Å². The van der Waals surface area contributed by atoms with Gasteiger partial charge in [-0.3, -0.25) is 4.79 Å². The highest BCUT2D eigenvalue weighted by Crippen LogP contribution is 2.39. The summed E-state index contributed by atoms with van der Waals surface area (Å²) in [5.41, 5.74) is 0.309. The molecule has 2 heterocycles. The Morgan fingerprint density at radius 1 is 0.914 bits per heavy atom. The van der Waals surface area contributed by atoms with Crippen molar-refractivity contribution in [2.24, 2.45) is 0 Å². The van der Waals surface area contributed by atoms with E-state index in [0.717, 1.165) is 5.69 Å². The van der Waals surface area contributed by atoms with Gasteiger partial charge < -0.3 is 15.0 Å². The summed E-state index contributed by atoms with van der Waals surface area (Å²) in [6, 6.07) is 12.6. The van der Waals surface area contributed by atoms with Crippen LogP contribution in [0.1, 0.15) is 19.8 Å². The highest BCUT2D eigenvalue weighted by atomic mass is 32.2. The molecule has 0 saturated carbocycles. The number of benzene rings is 2. The Balaban J connectivity index is 1.52. The van der Waals surface area contributed by atoms with E-state index in [1.165, 1.54) is 32.6 Å². The second-order valence-electron chi connectivity index (χ2n) is 8.62. The molecular formula is C23H30N4O6S2. The summed E-state index contributed by atoms with van der Waals surface area (Å²) in [6.45, 7) is 2.15. The van der Waals surface area contributed by atoms with Gasteiger partial charge in [0.1, 0.15) is 5.72 Å². The molecule has 1 amide bonds. The molecule has 2 aromatic rings. The third-order valence-corrected chi connectivity index (χ3v) is 10.6. The van der Waals surface area contributed by atoms with E-state index in [0.29, 0.717) is 5.69 Å². The predicted molar refractivity (Wildman–Crippen MR) is 132 cm³/mol. The van der Waals surface area contributed by atoms with Crippen molar-refractivity contribution in [3.8, 4) is 0 Å². The summed E-state index contributed by atoms with van der Waals surface area (Å²) < 4.78 is 62.0. The maximum atomic E-state index is 13.5. The van der Waals surface area contributed by atoms with Gasteiger partial charge in [-0.1, -0.05) is 0 Å². The van der Waals surface area contributed by atoms with Gasteiger partial charge >= 0.3 is 0 Å². The van der Waals surface area contributed by atoms with E-state index in [1.807, 2.05) is 0 Å². The van der Waals surface area contributed by atoms with Gasteiger partial charge in [0, 0.05) is 64.9 Å². The standard InChI is InChI=1S/C23H30N4O6S2/c1-18(28)25(3)20-6-10-22(11-7-20)35(31,32)27-16-17-33-23(27)12-14-26(15-13-23)34(29,30)21-8-4-19(24-2)5-9-21/h4-11,24H,12-17H2,1-3H3. The first-order valence-corrected chi connectivity index (χ1v) is 14.2. The van der Waals surface area contributed by atoms with Crippen molar-refractivity contribution in [2.45, 2.75) is 35.3 Å².